The molecule has 1 amide bonds. The fourth-order valence-electron chi connectivity index (χ4n) is 4.25. The van der Waals surface area contributed by atoms with Gasteiger partial charge in [0.25, 0.3) is 5.91 Å². The minimum absolute atomic E-state index is 0.0553. The van der Waals surface area contributed by atoms with Crippen molar-refractivity contribution in [2.45, 2.75) is 26.4 Å². The molecular weight excluding hydrogens is 447 g/mol. The summed E-state index contributed by atoms with van der Waals surface area (Å²) in [5, 5.41) is 10.3. The van der Waals surface area contributed by atoms with Gasteiger partial charge in [0, 0.05) is 36.3 Å². The largest absolute Gasteiger partial charge is 0.481 e. The van der Waals surface area contributed by atoms with Gasteiger partial charge in [0.15, 0.2) is 6.10 Å². The fraction of sp³-hybridized carbons (Fsp3) is 0.320. The molecule has 172 valence electrons. The third-order valence-corrected chi connectivity index (χ3v) is 6.54. The first-order valence-corrected chi connectivity index (χ1v) is 11.1. The van der Waals surface area contributed by atoms with Crippen LogP contribution in [0, 0.1) is 17.7 Å². The van der Waals surface area contributed by atoms with Crippen molar-refractivity contribution in [1.82, 2.24) is 9.88 Å². The van der Waals surface area contributed by atoms with E-state index in [0.29, 0.717) is 41.4 Å². The second-order valence-corrected chi connectivity index (χ2v) is 8.79. The Morgan fingerprint density at radius 3 is 2.70 bits per heavy atom. The number of hydrogen-bond donors (Lipinski definition) is 1. The number of amides is 1. The van der Waals surface area contributed by atoms with Crippen LogP contribution in [0.15, 0.2) is 48.7 Å². The molecule has 8 heteroatoms. The first-order chi connectivity index (χ1) is 15.7. The molecule has 1 aliphatic rings. The van der Waals surface area contributed by atoms with Gasteiger partial charge in [-0.15, -0.1) is 0 Å². The summed E-state index contributed by atoms with van der Waals surface area (Å²) in [6.45, 7) is 4.30. The summed E-state index contributed by atoms with van der Waals surface area (Å²) < 4.78 is 19.4. The first kappa shape index (κ1) is 23.0. The van der Waals surface area contributed by atoms with Gasteiger partial charge in [-0.1, -0.05) is 18.5 Å². The number of halogens is 2. The van der Waals surface area contributed by atoms with Crippen molar-refractivity contribution in [3.8, 4) is 16.9 Å². The topological polar surface area (TPSA) is 79.7 Å². The summed E-state index contributed by atoms with van der Waals surface area (Å²) in [7, 11) is 0. The smallest absolute Gasteiger partial charge is 0.306 e. The minimum Gasteiger partial charge on any atom is -0.481 e. The fourth-order valence-corrected chi connectivity index (χ4v) is 4.52. The maximum atomic E-state index is 13.5. The Kier molecular flexibility index (Phi) is 6.51. The zero-order valence-electron chi connectivity index (χ0n) is 18.3. The van der Waals surface area contributed by atoms with Crippen LogP contribution >= 0.6 is 11.6 Å². The maximum absolute atomic E-state index is 13.5. The third-order valence-electron chi connectivity index (χ3n) is 6.23. The molecule has 6 nitrogen and oxygen atoms in total. The van der Waals surface area contributed by atoms with E-state index in [0.717, 1.165) is 10.9 Å². The number of rotatable bonds is 6. The highest BCUT2D eigenvalue weighted by molar-refractivity contribution is 6.33. The second kappa shape index (κ2) is 9.35. The summed E-state index contributed by atoms with van der Waals surface area (Å²) in [6.07, 6.45) is 1.58. The summed E-state index contributed by atoms with van der Waals surface area (Å²) in [4.78, 5) is 30.2. The standard InChI is InChI=1S/C25H24ClFN2O4/c1-14(25(31)32)16-8-10-29(13-16)24(30)15(2)33-18-4-6-21-19(7-9-28-23(21)12-18)20-5-3-17(27)11-22(20)26/h3-7,9,11-12,14-16H,8,10,13H2,1-2H3,(H,31,32)/t14?,15-,16+/m1/s1. The lowest BCUT2D eigenvalue weighted by Gasteiger charge is -2.22. The number of hydrogen-bond acceptors (Lipinski definition) is 4. The molecule has 1 aliphatic heterocycles. The van der Waals surface area contributed by atoms with Gasteiger partial charge in [0.05, 0.1) is 16.5 Å². The highest BCUT2D eigenvalue weighted by atomic mass is 35.5. The van der Waals surface area contributed by atoms with E-state index in [-0.39, 0.29) is 11.8 Å². The Bertz CT molecular complexity index is 1220. The number of fused-ring (bicyclic) bond motifs is 1. The zero-order chi connectivity index (χ0) is 23.7. The van der Waals surface area contributed by atoms with Gasteiger partial charge in [-0.2, -0.15) is 0 Å². The van der Waals surface area contributed by atoms with E-state index in [1.807, 2.05) is 12.1 Å². The van der Waals surface area contributed by atoms with Crippen LogP contribution in [-0.2, 0) is 9.59 Å². The Labute approximate surface area is 195 Å². The van der Waals surface area contributed by atoms with Gasteiger partial charge >= 0.3 is 5.97 Å². The number of carbonyl (C=O) groups is 2. The lowest BCUT2D eigenvalue weighted by Crippen LogP contribution is -2.39. The van der Waals surface area contributed by atoms with Crippen LogP contribution in [-0.4, -0.2) is 46.1 Å². The SMILES string of the molecule is CC(C(=O)O)[C@H]1CCN(C(=O)[C@@H](C)Oc2ccc3c(-c4ccc(F)cc4Cl)ccnc3c2)C1. The van der Waals surface area contributed by atoms with Crippen LogP contribution < -0.4 is 4.74 Å². The molecule has 0 saturated carbocycles. The molecule has 1 unspecified atom stereocenters. The number of benzene rings is 2. The quantitative estimate of drug-likeness (QED) is 0.546. The number of aromatic nitrogens is 1. The molecule has 3 atom stereocenters. The van der Waals surface area contributed by atoms with E-state index in [1.165, 1.54) is 12.1 Å². The normalized spacial score (nSPS) is 17.7. The maximum Gasteiger partial charge on any atom is 0.306 e. The van der Waals surface area contributed by atoms with Crippen LogP contribution in [0.2, 0.25) is 5.02 Å². The Morgan fingerprint density at radius 2 is 1.97 bits per heavy atom. The lowest BCUT2D eigenvalue weighted by atomic mass is 9.94. The van der Waals surface area contributed by atoms with E-state index in [4.69, 9.17) is 16.3 Å². The molecule has 0 aliphatic carbocycles. The number of pyridine rings is 1. The highest BCUT2D eigenvalue weighted by Gasteiger charge is 2.34. The minimum atomic E-state index is -0.844. The highest BCUT2D eigenvalue weighted by Crippen LogP contribution is 2.34. The molecule has 33 heavy (non-hydrogen) atoms. The molecule has 1 N–H and O–H groups in total. The van der Waals surface area contributed by atoms with Crippen LogP contribution in [0.3, 0.4) is 0 Å². The van der Waals surface area contributed by atoms with Crippen molar-refractivity contribution in [3.05, 3.63) is 59.5 Å². The monoisotopic (exact) mass is 470 g/mol. The van der Waals surface area contributed by atoms with Crippen molar-refractivity contribution in [3.63, 3.8) is 0 Å². The molecule has 4 rings (SSSR count). The predicted molar refractivity (Wildman–Crippen MR) is 124 cm³/mol. The number of nitrogens with zero attached hydrogens (tertiary/aromatic N) is 2. The van der Waals surface area contributed by atoms with Crippen molar-refractivity contribution in [2.75, 3.05) is 13.1 Å². The Hall–Kier alpha value is -3.19. The van der Waals surface area contributed by atoms with E-state index in [9.17, 15) is 19.1 Å². The number of aliphatic carboxylic acids is 1. The number of ether oxygens (including phenoxy) is 1. The van der Waals surface area contributed by atoms with Crippen molar-refractivity contribution in [1.29, 1.82) is 0 Å². The van der Waals surface area contributed by atoms with Crippen LogP contribution in [0.4, 0.5) is 4.39 Å². The average molecular weight is 471 g/mol. The van der Waals surface area contributed by atoms with Gasteiger partial charge in [-0.25, -0.2) is 4.39 Å². The van der Waals surface area contributed by atoms with E-state index in [1.54, 1.807) is 43.1 Å². The average Bonchev–Trinajstić information content (AvgIpc) is 3.27. The lowest BCUT2D eigenvalue weighted by molar-refractivity contribution is -0.143. The molecule has 3 aromatic rings. The third kappa shape index (κ3) is 4.78. The van der Waals surface area contributed by atoms with Gasteiger partial charge in [-0.05, 0) is 61.2 Å². The summed E-state index contributed by atoms with van der Waals surface area (Å²) in [6, 6.07) is 11.4. The molecule has 2 heterocycles. The molecule has 0 spiro atoms. The van der Waals surface area contributed by atoms with Crippen LogP contribution in [0.5, 0.6) is 5.75 Å². The molecular formula is C25H24ClFN2O4. The molecule has 0 bridgehead atoms. The molecule has 0 radical (unpaired) electrons. The van der Waals surface area contributed by atoms with Gasteiger partial charge < -0.3 is 14.7 Å². The molecule has 1 saturated heterocycles. The van der Waals surface area contributed by atoms with Gasteiger partial charge in [-0.3, -0.25) is 14.6 Å². The van der Waals surface area contributed by atoms with Crippen LogP contribution in [0.25, 0.3) is 22.0 Å². The summed E-state index contributed by atoms with van der Waals surface area (Å²) in [5.74, 6) is -1.47. The first-order valence-electron chi connectivity index (χ1n) is 10.8. The van der Waals surface area contributed by atoms with Crippen molar-refractivity contribution < 1.29 is 23.8 Å². The van der Waals surface area contributed by atoms with E-state index >= 15 is 0 Å². The predicted octanol–water partition coefficient (Wildman–Crippen LogP) is 5.03. The van der Waals surface area contributed by atoms with Crippen LogP contribution in [0.1, 0.15) is 20.3 Å². The summed E-state index contributed by atoms with van der Waals surface area (Å²) in [5.41, 5.74) is 2.17. The Balaban J connectivity index is 1.50. The van der Waals surface area contributed by atoms with E-state index < -0.39 is 23.8 Å². The number of carboxylic acid groups (broad SMARTS) is 1. The zero-order valence-corrected chi connectivity index (χ0v) is 19.1. The van der Waals surface area contributed by atoms with E-state index in [2.05, 4.69) is 4.98 Å². The molecule has 2 aromatic carbocycles. The Morgan fingerprint density at radius 1 is 1.18 bits per heavy atom. The number of carbonyl (C=O) groups excluding carboxylic acids is 1. The molecule has 1 fully saturated rings. The number of likely N-dealkylation sites (tertiary alicyclic amines) is 1. The number of carboxylic acids is 1. The van der Waals surface area contributed by atoms with Gasteiger partial charge in [0.2, 0.25) is 0 Å². The second-order valence-electron chi connectivity index (χ2n) is 8.38. The summed E-state index contributed by atoms with van der Waals surface area (Å²) >= 11 is 6.25. The van der Waals surface area contributed by atoms with Crippen molar-refractivity contribution >= 4 is 34.4 Å². The van der Waals surface area contributed by atoms with Crippen molar-refractivity contribution in [2.24, 2.45) is 11.8 Å². The molecule has 1 aromatic heterocycles. The van der Waals surface area contributed by atoms with Gasteiger partial charge in [0.1, 0.15) is 11.6 Å².